The van der Waals surface area contributed by atoms with Gasteiger partial charge in [-0.25, -0.2) is 9.59 Å². The van der Waals surface area contributed by atoms with Crippen molar-refractivity contribution in [3.8, 4) is 0 Å². The highest BCUT2D eigenvalue weighted by Gasteiger charge is 2.23. The number of amides is 2. The number of carboxylic acid groups (broad SMARTS) is 1. The first-order valence-electron chi connectivity index (χ1n) is 5.72. The topological polar surface area (TPSA) is 69.6 Å². The second kappa shape index (κ2) is 8.22. The second-order valence-electron chi connectivity index (χ2n) is 3.88. The Labute approximate surface area is 107 Å². The number of aliphatic carboxylic acids is 1. The molecule has 0 aromatic rings. The molecule has 2 amide bonds. The summed E-state index contributed by atoms with van der Waals surface area (Å²) in [6, 6.07) is -0.992. The summed E-state index contributed by atoms with van der Waals surface area (Å²) < 4.78 is 0. The summed E-state index contributed by atoms with van der Waals surface area (Å²) in [6.45, 7) is 3.75. The van der Waals surface area contributed by atoms with Crippen molar-refractivity contribution in [2.75, 3.05) is 19.1 Å². The predicted molar refractivity (Wildman–Crippen MR) is 70.5 cm³/mol. The number of hydrogen-bond acceptors (Lipinski definition) is 3. The van der Waals surface area contributed by atoms with Crippen LogP contribution in [0.5, 0.6) is 0 Å². The van der Waals surface area contributed by atoms with Crippen LogP contribution in [0.15, 0.2) is 0 Å². The number of thioether (sulfide) groups is 1. The van der Waals surface area contributed by atoms with Crippen LogP contribution in [-0.2, 0) is 4.79 Å². The van der Waals surface area contributed by atoms with Gasteiger partial charge in [-0.15, -0.1) is 0 Å². The van der Waals surface area contributed by atoms with E-state index in [9.17, 15) is 9.59 Å². The third kappa shape index (κ3) is 5.30. The second-order valence-corrected chi connectivity index (χ2v) is 4.79. The first kappa shape index (κ1) is 16.1. The number of urea groups is 1. The van der Waals surface area contributed by atoms with E-state index in [0.717, 1.165) is 12.2 Å². The Balaban J connectivity index is 4.42. The fourth-order valence-corrected chi connectivity index (χ4v) is 2.30. The average Bonchev–Trinajstić information content (AvgIpc) is 2.31. The molecule has 0 spiro atoms. The lowest BCUT2D eigenvalue weighted by atomic mass is 10.2. The van der Waals surface area contributed by atoms with Crippen LogP contribution in [0.1, 0.15) is 26.7 Å². The van der Waals surface area contributed by atoms with Crippen molar-refractivity contribution in [2.45, 2.75) is 38.8 Å². The monoisotopic (exact) mass is 262 g/mol. The molecule has 0 fully saturated rings. The minimum Gasteiger partial charge on any atom is -0.480 e. The maximum Gasteiger partial charge on any atom is 0.326 e. The van der Waals surface area contributed by atoms with Crippen LogP contribution in [0.2, 0.25) is 0 Å². The van der Waals surface area contributed by atoms with Gasteiger partial charge in [-0.2, -0.15) is 11.8 Å². The molecular formula is C11H22N2O3S. The summed E-state index contributed by atoms with van der Waals surface area (Å²) in [4.78, 5) is 24.2. The molecule has 0 heterocycles. The van der Waals surface area contributed by atoms with E-state index >= 15 is 0 Å². The predicted octanol–water partition coefficient (Wildman–Crippen LogP) is 1.63. The van der Waals surface area contributed by atoms with Gasteiger partial charge < -0.3 is 15.3 Å². The minimum atomic E-state index is -0.993. The van der Waals surface area contributed by atoms with Crippen molar-refractivity contribution in [1.82, 2.24) is 10.2 Å². The van der Waals surface area contributed by atoms with Crippen LogP contribution in [0.3, 0.4) is 0 Å². The van der Waals surface area contributed by atoms with Crippen LogP contribution < -0.4 is 5.32 Å². The van der Waals surface area contributed by atoms with Crippen LogP contribution >= 0.6 is 11.8 Å². The molecule has 2 atom stereocenters. The Morgan fingerprint density at radius 2 is 1.94 bits per heavy atom. The molecule has 0 radical (unpaired) electrons. The molecular weight excluding hydrogens is 240 g/mol. The average molecular weight is 262 g/mol. The molecule has 0 aromatic carbocycles. The molecule has 0 saturated carbocycles. The summed E-state index contributed by atoms with van der Waals surface area (Å²) in [5, 5.41) is 11.4. The number of carbonyl (C=O) groups excluding carboxylic acids is 1. The Hall–Kier alpha value is -0.910. The Kier molecular flexibility index (Phi) is 7.78. The normalized spacial score (nSPS) is 13.9. The molecule has 0 saturated heterocycles. The van der Waals surface area contributed by atoms with Gasteiger partial charge in [0.25, 0.3) is 0 Å². The zero-order valence-electron chi connectivity index (χ0n) is 10.9. The van der Waals surface area contributed by atoms with Gasteiger partial charge in [-0.05, 0) is 19.1 Å². The quantitative estimate of drug-likeness (QED) is 0.731. The summed E-state index contributed by atoms with van der Waals surface area (Å²) in [7, 11) is 1.70. The van der Waals surface area contributed by atoms with Crippen molar-refractivity contribution < 1.29 is 14.7 Å². The zero-order valence-corrected chi connectivity index (χ0v) is 11.7. The summed E-state index contributed by atoms with van der Waals surface area (Å²) >= 11 is 1.67. The molecule has 2 N–H and O–H groups in total. The third-order valence-corrected chi connectivity index (χ3v) is 3.42. The molecule has 0 aromatic heterocycles. The fraction of sp³-hybridized carbons (Fsp3) is 0.818. The molecule has 6 heteroatoms. The van der Waals surface area contributed by atoms with Gasteiger partial charge >= 0.3 is 12.0 Å². The molecule has 0 rings (SSSR count). The molecule has 0 aliphatic carbocycles. The maximum atomic E-state index is 11.8. The first-order chi connectivity index (χ1) is 7.97. The van der Waals surface area contributed by atoms with Gasteiger partial charge in [-0.3, -0.25) is 0 Å². The van der Waals surface area contributed by atoms with E-state index in [1.807, 2.05) is 13.2 Å². The standard InChI is InChI=1S/C11H22N2O3S/c1-5-8(7-17-4)13(3)11(16)12-9(6-2)10(14)15/h8-9H,5-7H2,1-4H3,(H,12,16)(H,14,15). The highest BCUT2D eigenvalue weighted by molar-refractivity contribution is 7.98. The first-order valence-corrected chi connectivity index (χ1v) is 7.12. The Morgan fingerprint density at radius 3 is 2.29 bits per heavy atom. The summed E-state index contributed by atoms with van der Waals surface area (Å²) in [5.41, 5.74) is 0. The third-order valence-electron chi connectivity index (χ3n) is 2.70. The maximum absolute atomic E-state index is 11.8. The minimum absolute atomic E-state index is 0.135. The molecule has 2 unspecified atom stereocenters. The molecule has 0 aliphatic rings. The summed E-state index contributed by atoms with van der Waals surface area (Å²) in [5.74, 6) is -0.142. The van der Waals surface area contributed by atoms with E-state index in [4.69, 9.17) is 5.11 Å². The smallest absolute Gasteiger partial charge is 0.326 e. The van der Waals surface area contributed by atoms with Gasteiger partial charge in [-0.1, -0.05) is 13.8 Å². The highest BCUT2D eigenvalue weighted by Crippen LogP contribution is 2.08. The van der Waals surface area contributed by atoms with Gasteiger partial charge in [0.2, 0.25) is 0 Å². The number of carbonyl (C=O) groups is 2. The van der Waals surface area contributed by atoms with Gasteiger partial charge in [0.15, 0.2) is 0 Å². The molecule has 0 bridgehead atoms. The number of nitrogens with zero attached hydrogens (tertiary/aromatic N) is 1. The highest BCUT2D eigenvalue weighted by atomic mass is 32.2. The lowest BCUT2D eigenvalue weighted by Gasteiger charge is -2.28. The number of nitrogens with one attached hydrogen (secondary N) is 1. The van der Waals surface area contributed by atoms with Crippen LogP contribution in [0.4, 0.5) is 4.79 Å². The molecule has 0 aliphatic heterocycles. The lowest BCUT2D eigenvalue weighted by Crippen LogP contribution is -2.50. The Bertz CT molecular complexity index is 261. The largest absolute Gasteiger partial charge is 0.480 e. The van der Waals surface area contributed by atoms with E-state index in [1.165, 1.54) is 0 Å². The zero-order chi connectivity index (χ0) is 13.4. The van der Waals surface area contributed by atoms with Gasteiger partial charge in [0.1, 0.15) is 6.04 Å². The van der Waals surface area contributed by atoms with Crippen LogP contribution in [0, 0.1) is 0 Å². The van der Waals surface area contributed by atoms with Gasteiger partial charge in [0, 0.05) is 18.8 Å². The van der Waals surface area contributed by atoms with E-state index < -0.39 is 12.0 Å². The van der Waals surface area contributed by atoms with Crippen LogP contribution in [-0.4, -0.2) is 53.1 Å². The SMILES string of the molecule is CCC(NC(=O)N(C)C(CC)CSC)C(=O)O. The van der Waals surface area contributed by atoms with Crippen molar-refractivity contribution in [1.29, 1.82) is 0 Å². The van der Waals surface area contributed by atoms with Gasteiger partial charge in [0.05, 0.1) is 0 Å². The Morgan fingerprint density at radius 1 is 1.35 bits per heavy atom. The summed E-state index contributed by atoms with van der Waals surface area (Å²) in [6.07, 6.45) is 3.23. The number of hydrogen-bond donors (Lipinski definition) is 2. The van der Waals surface area contributed by atoms with E-state index in [-0.39, 0.29) is 12.1 Å². The lowest BCUT2D eigenvalue weighted by molar-refractivity contribution is -0.139. The van der Waals surface area contributed by atoms with Crippen molar-refractivity contribution in [3.05, 3.63) is 0 Å². The fourth-order valence-electron chi connectivity index (χ4n) is 1.45. The van der Waals surface area contributed by atoms with Crippen molar-refractivity contribution in [2.24, 2.45) is 0 Å². The van der Waals surface area contributed by atoms with E-state index in [0.29, 0.717) is 6.42 Å². The molecule has 17 heavy (non-hydrogen) atoms. The van der Waals surface area contributed by atoms with Crippen molar-refractivity contribution >= 4 is 23.8 Å². The van der Waals surface area contributed by atoms with Crippen molar-refractivity contribution in [3.63, 3.8) is 0 Å². The molecule has 100 valence electrons. The number of rotatable bonds is 7. The molecule has 5 nitrogen and oxygen atoms in total. The van der Waals surface area contributed by atoms with E-state index in [1.54, 1.807) is 30.6 Å². The van der Waals surface area contributed by atoms with E-state index in [2.05, 4.69) is 5.32 Å². The van der Waals surface area contributed by atoms with Crippen LogP contribution in [0.25, 0.3) is 0 Å². The number of carboxylic acids is 1.